The number of hydrogen-bond donors (Lipinski definition) is 1. The summed E-state index contributed by atoms with van der Waals surface area (Å²) >= 11 is 0. The monoisotopic (exact) mass is 446 g/mol. The third-order valence-electron chi connectivity index (χ3n) is 6.08. The first-order chi connectivity index (χ1) is 16.2. The van der Waals surface area contributed by atoms with Crippen molar-refractivity contribution in [1.29, 1.82) is 0 Å². The second-order valence-electron chi connectivity index (χ2n) is 8.14. The van der Waals surface area contributed by atoms with Crippen molar-refractivity contribution >= 4 is 11.7 Å². The van der Waals surface area contributed by atoms with Crippen LogP contribution in [0.25, 0.3) is 11.3 Å². The molecule has 7 nitrogen and oxygen atoms in total. The number of rotatable bonds is 8. The summed E-state index contributed by atoms with van der Waals surface area (Å²) in [6.07, 6.45) is 4.02. The van der Waals surface area contributed by atoms with E-state index < -0.39 is 0 Å². The van der Waals surface area contributed by atoms with Crippen molar-refractivity contribution in [1.82, 2.24) is 15.3 Å². The van der Waals surface area contributed by atoms with Crippen molar-refractivity contribution in [3.05, 3.63) is 66.5 Å². The van der Waals surface area contributed by atoms with Crippen LogP contribution >= 0.6 is 0 Å². The number of nitrogens with one attached hydrogen (secondary N) is 1. The lowest BCUT2D eigenvalue weighted by atomic mass is 9.95. The zero-order valence-corrected chi connectivity index (χ0v) is 19.2. The van der Waals surface area contributed by atoms with Gasteiger partial charge in [-0.25, -0.2) is 9.97 Å². The van der Waals surface area contributed by atoms with E-state index in [1.165, 1.54) is 0 Å². The molecule has 0 unspecified atom stereocenters. The highest BCUT2D eigenvalue weighted by Crippen LogP contribution is 2.26. The SMILES string of the molecule is COc1ccc(-c2cc(N3CCC(C(=O)NCCc4cccc(OC)c4)CC3)ncn2)cc1. The van der Waals surface area contributed by atoms with Gasteiger partial charge >= 0.3 is 0 Å². The number of hydrogen-bond acceptors (Lipinski definition) is 6. The second kappa shape index (κ2) is 10.8. The Labute approximate surface area is 194 Å². The third kappa shape index (κ3) is 5.80. The Morgan fingerprint density at radius 3 is 2.48 bits per heavy atom. The van der Waals surface area contributed by atoms with E-state index in [1.807, 2.05) is 48.5 Å². The topological polar surface area (TPSA) is 76.6 Å². The first-order valence-corrected chi connectivity index (χ1v) is 11.3. The Morgan fingerprint density at radius 1 is 1.00 bits per heavy atom. The van der Waals surface area contributed by atoms with Gasteiger partial charge in [-0.15, -0.1) is 0 Å². The van der Waals surface area contributed by atoms with Gasteiger partial charge < -0.3 is 19.7 Å². The molecule has 3 aromatic rings. The number of methoxy groups -OCH3 is 2. The van der Waals surface area contributed by atoms with E-state index in [9.17, 15) is 4.79 Å². The molecule has 1 aliphatic heterocycles. The molecular weight excluding hydrogens is 416 g/mol. The Morgan fingerprint density at radius 2 is 1.76 bits per heavy atom. The Kier molecular flexibility index (Phi) is 7.40. The number of anilines is 1. The van der Waals surface area contributed by atoms with Gasteiger partial charge in [-0.05, 0) is 61.2 Å². The summed E-state index contributed by atoms with van der Waals surface area (Å²) in [6.45, 7) is 2.23. The number of amides is 1. The summed E-state index contributed by atoms with van der Waals surface area (Å²) in [7, 11) is 3.32. The number of benzene rings is 2. The molecule has 0 radical (unpaired) electrons. The van der Waals surface area contributed by atoms with Gasteiger partial charge in [-0.3, -0.25) is 4.79 Å². The van der Waals surface area contributed by atoms with E-state index in [-0.39, 0.29) is 11.8 Å². The summed E-state index contributed by atoms with van der Waals surface area (Å²) in [4.78, 5) is 23.8. The minimum Gasteiger partial charge on any atom is -0.497 e. The van der Waals surface area contributed by atoms with Gasteiger partial charge in [-0.2, -0.15) is 0 Å². The maximum Gasteiger partial charge on any atom is 0.223 e. The summed E-state index contributed by atoms with van der Waals surface area (Å²) < 4.78 is 10.5. The molecule has 4 rings (SSSR count). The quantitative estimate of drug-likeness (QED) is 0.568. The van der Waals surface area contributed by atoms with Crippen molar-refractivity contribution in [3.8, 4) is 22.8 Å². The van der Waals surface area contributed by atoms with Crippen molar-refractivity contribution in [2.45, 2.75) is 19.3 Å². The maximum atomic E-state index is 12.7. The number of aromatic nitrogens is 2. The van der Waals surface area contributed by atoms with E-state index >= 15 is 0 Å². The van der Waals surface area contributed by atoms with Crippen LogP contribution in [0.15, 0.2) is 60.9 Å². The highest BCUT2D eigenvalue weighted by atomic mass is 16.5. The number of carbonyl (C=O) groups excluding carboxylic acids is 1. The molecular formula is C26H30N4O3. The fourth-order valence-electron chi connectivity index (χ4n) is 4.11. The molecule has 0 atom stereocenters. The van der Waals surface area contributed by atoms with E-state index in [4.69, 9.17) is 9.47 Å². The Hall–Kier alpha value is -3.61. The van der Waals surface area contributed by atoms with Crippen LogP contribution < -0.4 is 19.7 Å². The fraction of sp³-hybridized carbons (Fsp3) is 0.346. The molecule has 0 saturated carbocycles. The first-order valence-electron chi connectivity index (χ1n) is 11.3. The molecule has 1 fully saturated rings. The minimum atomic E-state index is 0.0365. The molecule has 0 aliphatic carbocycles. The van der Waals surface area contributed by atoms with Crippen LogP contribution in [0.5, 0.6) is 11.5 Å². The number of nitrogens with zero attached hydrogens (tertiary/aromatic N) is 3. The van der Waals surface area contributed by atoms with Crippen LogP contribution in [0.4, 0.5) is 5.82 Å². The molecule has 1 N–H and O–H groups in total. The van der Waals surface area contributed by atoms with Crippen LogP contribution in [-0.2, 0) is 11.2 Å². The lowest BCUT2D eigenvalue weighted by Crippen LogP contribution is -2.41. The van der Waals surface area contributed by atoms with Gasteiger partial charge in [0.15, 0.2) is 0 Å². The van der Waals surface area contributed by atoms with Gasteiger partial charge in [0.2, 0.25) is 5.91 Å². The van der Waals surface area contributed by atoms with E-state index in [1.54, 1.807) is 20.5 Å². The highest BCUT2D eigenvalue weighted by molar-refractivity contribution is 5.79. The van der Waals surface area contributed by atoms with Crippen LogP contribution in [0.3, 0.4) is 0 Å². The van der Waals surface area contributed by atoms with Crippen molar-refractivity contribution < 1.29 is 14.3 Å². The molecule has 1 amide bonds. The van der Waals surface area contributed by atoms with Crippen LogP contribution in [0.2, 0.25) is 0 Å². The molecule has 1 aromatic heterocycles. The first kappa shape index (κ1) is 22.6. The molecule has 2 aromatic carbocycles. The zero-order valence-electron chi connectivity index (χ0n) is 19.2. The molecule has 33 heavy (non-hydrogen) atoms. The van der Waals surface area contributed by atoms with Crippen molar-refractivity contribution in [3.63, 3.8) is 0 Å². The molecule has 0 bridgehead atoms. The number of ether oxygens (including phenoxy) is 2. The maximum absolute atomic E-state index is 12.7. The number of carbonyl (C=O) groups is 1. The lowest BCUT2D eigenvalue weighted by Gasteiger charge is -2.32. The summed E-state index contributed by atoms with van der Waals surface area (Å²) in [5.41, 5.74) is 3.05. The van der Waals surface area contributed by atoms with E-state index in [0.717, 1.165) is 66.5 Å². The second-order valence-corrected chi connectivity index (χ2v) is 8.14. The van der Waals surface area contributed by atoms with Gasteiger partial charge in [0.05, 0.1) is 19.9 Å². The molecule has 1 saturated heterocycles. The summed E-state index contributed by atoms with van der Waals surface area (Å²) in [6, 6.07) is 17.8. The van der Waals surface area contributed by atoms with Crippen LogP contribution in [0.1, 0.15) is 18.4 Å². The average molecular weight is 447 g/mol. The third-order valence-corrected chi connectivity index (χ3v) is 6.08. The smallest absolute Gasteiger partial charge is 0.223 e. The zero-order chi connectivity index (χ0) is 23.0. The molecule has 2 heterocycles. The lowest BCUT2D eigenvalue weighted by molar-refractivity contribution is -0.125. The van der Waals surface area contributed by atoms with Crippen molar-refractivity contribution in [2.75, 3.05) is 38.8 Å². The Bertz CT molecular complexity index is 1060. The largest absolute Gasteiger partial charge is 0.497 e. The van der Waals surface area contributed by atoms with Crippen molar-refractivity contribution in [2.24, 2.45) is 5.92 Å². The molecule has 0 spiro atoms. The highest BCUT2D eigenvalue weighted by Gasteiger charge is 2.25. The molecule has 1 aliphatic rings. The molecule has 172 valence electrons. The minimum absolute atomic E-state index is 0.0365. The fourth-order valence-corrected chi connectivity index (χ4v) is 4.11. The summed E-state index contributed by atoms with van der Waals surface area (Å²) in [5.74, 6) is 2.73. The van der Waals surface area contributed by atoms with Gasteiger partial charge in [0.25, 0.3) is 0 Å². The predicted octanol–water partition coefficient (Wildman–Crippen LogP) is 3.74. The van der Waals surface area contributed by atoms with E-state index in [0.29, 0.717) is 6.54 Å². The van der Waals surface area contributed by atoms with Gasteiger partial charge in [-0.1, -0.05) is 12.1 Å². The van der Waals surface area contributed by atoms with Crippen LogP contribution in [-0.4, -0.2) is 49.7 Å². The van der Waals surface area contributed by atoms with Crippen LogP contribution in [0, 0.1) is 5.92 Å². The standard InChI is InChI=1S/C26H30N4O3/c1-32-22-8-6-20(7-9-22)24-17-25(29-18-28-24)30-14-11-21(12-15-30)26(31)27-13-10-19-4-3-5-23(16-19)33-2/h3-9,16-18,21H,10-15H2,1-2H3,(H,27,31). The van der Waals surface area contributed by atoms with E-state index in [2.05, 4.69) is 26.3 Å². The average Bonchev–Trinajstić information content (AvgIpc) is 2.89. The van der Waals surface area contributed by atoms with Gasteiger partial charge in [0.1, 0.15) is 23.6 Å². The Balaban J connectivity index is 1.28. The normalized spacial score (nSPS) is 14.1. The molecule has 7 heteroatoms. The number of piperidine rings is 1. The van der Waals surface area contributed by atoms with Gasteiger partial charge in [0, 0.05) is 37.2 Å². The summed E-state index contributed by atoms with van der Waals surface area (Å²) in [5, 5.41) is 3.10. The predicted molar refractivity (Wildman–Crippen MR) is 129 cm³/mol.